The van der Waals surface area contributed by atoms with Crippen molar-refractivity contribution in [3.8, 4) is 5.75 Å². The van der Waals surface area contributed by atoms with E-state index < -0.39 is 0 Å². The van der Waals surface area contributed by atoms with Crippen LogP contribution in [0.4, 0.5) is 0 Å². The van der Waals surface area contributed by atoms with Crippen LogP contribution in [-0.4, -0.2) is 16.7 Å². The van der Waals surface area contributed by atoms with Gasteiger partial charge in [0.2, 0.25) is 0 Å². The molecule has 0 aliphatic heterocycles. The number of fused-ring (bicyclic) bond motifs is 3. The Labute approximate surface area is 132 Å². The minimum atomic E-state index is 0.906. The van der Waals surface area contributed by atoms with Crippen molar-refractivity contribution in [1.29, 1.82) is 0 Å². The van der Waals surface area contributed by atoms with Gasteiger partial charge in [-0.3, -0.25) is 4.98 Å². The van der Waals surface area contributed by atoms with E-state index in [-0.39, 0.29) is 0 Å². The number of hydrogen-bond donors (Lipinski definition) is 0. The summed E-state index contributed by atoms with van der Waals surface area (Å²) in [5.74, 6) is 0.906. The molecular weight excluding hydrogens is 272 g/mol. The van der Waals surface area contributed by atoms with E-state index in [0.717, 1.165) is 18.0 Å². The van der Waals surface area contributed by atoms with Gasteiger partial charge in [-0.2, -0.15) is 0 Å². The first-order valence-electron chi connectivity index (χ1n) is 8.17. The summed E-state index contributed by atoms with van der Waals surface area (Å²) < 4.78 is 7.77. The van der Waals surface area contributed by atoms with Gasteiger partial charge in [0.05, 0.1) is 23.8 Å². The third kappa shape index (κ3) is 2.80. The molecule has 3 nitrogen and oxygen atoms in total. The molecule has 1 aromatic carbocycles. The Balaban J connectivity index is 0.000000847. The lowest BCUT2D eigenvalue weighted by Crippen LogP contribution is -1.99. The quantitative estimate of drug-likeness (QED) is 0.650. The van der Waals surface area contributed by atoms with Crippen LogP contribution in [0.25, 0.3) is 21.8 Å². The Bertz CT molecular complexity index is 759. The summed E-state index contributed by atoms with van der Waals surface area (Å²) in [6.45, 7) is 9.33. The molecule has 118 valence electrons. The lowest BCUT2D eigenvalue weighted by Gasteiger charge is -2.08. The Morgan fingerprint density at radius 2 is 1.91 bits per heavy atom. The summed E-state index contributed by atoms with van der Waals surface area (Å²) in [7, 11) is 1.72. The van der Waals surface area contributed by atoms with Crippen molar-refractivity contribution in [1.82, 2.24) is 9.55 Å². The second-order valence-corrected chi connectivity index (χ2v) is 5.18. The number of benzene rings is 1. The second-order valence-electron chi connectivity index (χ2n) is 5.18. The van der Waals surface area contributed by atoms with Crippen LogP contribution in [0.2, 0.25) is 0 Å². The van der Waals surface area contributed by atoms with Crippen LogP contribution in [0.3, 0.4) is 0 Å². The molecule has 0 aliphatic rings. The van der Waals surface area contributed by atoms with Gasteiger partial charge < -0.3 is 9.30 Å². The number of aromatic nitrogens is 2. The van der Waals surface area contributed by atoms with Gasteiger partial charge >= 0.3 is 0 Å². The molecule has 0 N–H and O–H groups in total. The summed E-state index contributed by atoms with van der Waals surface area (Å²) in [4.78, 5) is 4.46. The first-order chi connectivity index (χ1) is 10.8. The highest BCUT2D eigenvalue weighted by Crippen LogP contribution is 2.32. The lowest BCUT2D eigenvalue weighted by atomic mass is 10.1. The van der Waals surface area contributed by atoms with E-state index in [2.05, 4.69) is 41.6 Å². The maximum atomic E-state index is 5.38. The molecule has 2 aromatic heterocycles. The van der Waals surface area contributed by atoms with Crippen molar-refractivity contribution in [2.75, 3.05) is 7.11 Å². The first-order valence-corrected chi connectivity index (χ1v) is 8.17. The number of hydrogen-bond acceptors (Lipinski definition) is 2. The highest BCUT2D eigenvalue weighted by molar-refractivity contribution is 6.09. The highest BCUT2D eigenvalue weighted by atomic mass is 16.5. The summed E-state index contributed by atoms with van der Waals surface area (Å²) in [5.41, 5.74) is 3.59. The normalized spacial score (nSPS) is 10.6. The van der Waals surface area contributed by atoms with Crippen LogP contribution in [0.1, 0.15) is 39.3 Å². The Kier molecular flexibility index (Phi) is 5.42. The topological polar surface area (TPSA) is 27.1 Å². The van der Waals surface area contributed by atoms with Crippen molar-refractivity contribution in [3.63, 3.8) is 0 Å². The third-order valence-electron chi connectivity index (χ3n) is 3.90. The van der Waals surface area contributed by atoms with Gasteiger partial charge in [0.1, 0.15) is 5.75 Å². The van der Waals surface area contributed by atoms with Crippen LogP contribution >= 0.6 is 0 Å². The summed E-state index contributed by atoms with van der Waals surface area (Å²) >= 11 is 0. The predicted octanol–water partition coefficient (Wildman–Crippen LogP) is 5.33. The highest BCUT2D eigenvalue weighted by Gasteiger charge is 2.13. The molecule has 0 amide bonds. The number of rotatable bonds is 4. The smallest absolute Gasteiger partial charge is 0.120 e. The van der Waals surface area contributed by atoms with Gasteiger partial charge in [-0.15, -0.1) is 0 Å². The van der Waals surface area contributed by atoms with Crippen LogP contribution in [0.5, 0.6) is 5.75 Å². The summed E-state index contributed by atoms with van der Waals surface area (Å²) in [6.07, 6.45) is 4.25. The standard InChI is InChI=1S/C17H20N2O.C2H6/c1-4-5-10-19-16-11-13(20-3)6-7-14(16)15-8-9-18-12(2)17(15)19;1-2/h6-9,11H,4-5,10H2,1-3H3;1-2H3. The number of nitrogens with zero attached hydrogens (tertiary/aromatic N) is 2. The Morgan fingerprint density at radius 3 is 2.59 bits per heavy atom. The van der Waals surface area contributed by atoms with E-state index in [9.17, 15) is 0 Å². The van der Waals surface area contributed by atoms with Gasteiger partial charge in [0, 0.05) is 29.6 Å². The lowest BCUT2D eigenvalue weighted by molar-refractivity contribution is 0.415. The Morgan fingerprint density at radius 1 is 1.14 bits per heavy atom. The number of unbranched alkanes of at least 4 members (excludes halogenated alkanes) is 1. The number of methoxy groups -OCH3 is 1. The monoisotopic (exact) mass is 298 g/mol. The Hall–Kier alpha value is -2.03. The fourth-order valence-electron chi connectivity index (χ4n) is 2.88. The number of ether oxygens (including phenoxy) is 1. The van der Waals surface area contributed by atoms with Crippen molar-refractivity contribution in [3.05, 3.63) is 36.2 Å². The zero-order valence-electron chi connectivity index (χ0n) is 14.3. The maximum Gasteiger partial charge on any atom is 0.120 e. The molecule has 3 heteroatoms. The minimum Gasteiger partial charge on any atom is -0.497 e. The molecular formula is C19H26N2O. The molecule has 3 aromatic rings. The second kappa shape index (κ2) is 7.30. The van der Waals surface area contributed by atoms with Crippen LogP contribution in [-0.2, 0) is 6.54 Å². The van der Waals surface area contributed by atoms with Gasteiger partial charge in [0.15, 0.2) is 0 Å². The van der Waals surface area contributed by atoms with E-state index in [1.807, 2.05) is 26.1 Å². The fourth-order valence-corrected chi connectivity index (χ4v) is 2.88. The van der Waals surface area contributed by atoms with E-state index in [4.69, 9.17) is 4.74 Å². The average Bonchev–Trinajstić information content (AvgIpc) is 2.89. The third-order valence-corrected chi connectivity index (χ3v) is 3.90. The zero-order chi connectivity index (χ0) is 16.1. The molecule has 2 heterocycles. The molecule has 3 rings (SSSR count). The molecule has 0 unspecified atom stereocenters. The molecule has 0 bridgehead atoms. The van der Waals surface area contributed by atoms with Crippen molar-refractivity contribution in [2.24, 2.45) is 0 Å². The largest absolute Gasteiger partial charge is 0.497 e. The van der Waals surface area contributed by atoms with E-state index >= 15 is 0 Å². The van der Waals surface area contributed by atoms with Crippen molar-refractivity contribution in [2.45, 2.75) is 47.1 Å². The molecule has 0 saturated carbocycles. The number of pyridine rings is 1. The van der Waals surface area contributed by atoms with Crippen LogP contribution < -0.4 is 4.74 Å². The summed E-state index contributed by atoms with van der Waals surface area (Å²) in [5, 5.41) is 2.56. The molecule has 22 heavy (non-hydrogen) atoms. The molecule has 0 atom stereocenters. The van der Waals surface area contributed by atoms with Crippen LogP contribution in [0.15, 0.2) is 30.5 Å². The number of aryl methyl sites for hydroxylation is 2. The zero-order valence-corrected chi connectivity index (χ0v) is 14.3. The van der Waals surface area contributed by atoms with Crippen LogP contribution in [0, 0.1) is 6.92 Å². The maximum absolute atomic E-state index is 5.38. The van der Waals surface area contributed by atoms with Gasteiger partial charge in [0.25, 0.3) is 0 Å². The van der Waals surface area contributed by atoms with Gasteiger partial charge in [-0.25, -0.2) is 0 Å². The van der Waals surface area contributed by atoms with Crippen molar-refractivity contribution >= 4 is 21.8 Å². The summed E-state index contributed by atoms with van der Waals surface area (Å²) in [6, 6.07) is 8.42. The molecule has 0 fully saturated rings. The van der Waals surface area contributed by atoms with E-state index in [1.54, 1.807) is 7.11 Å². The molecule has 0 spiro atoms. The SMILES string of the molecule is CC.CCCCn1c2cc(OC)ccc2c2ccnc(C)c21. The van der Waals surface area contributed by atoms with Crippen molar-refractivity contribution < 1.29 is 4.74 Å². The average molecular weight is 298 g/mol. The van der Waals surface area contributed by atoms with Gasteiger partial charge in [-0.05, 0) is 31.5 Å². The van der Waals surface area contributed by atoms with E-state index in [0.29, 0.717) is 0 Å². The molecule has 0 saturated heterocycles. The first kappa shape index (κ1) is 16.3. The molecule has 0 radical (unpaired) electrons. The molecule has 0 aliphatic carbocycles. The fraction of sp³-hybridized carbons (Fsp3) is 0.421. The predicted molar refractivity (Wildman–Crippen MR) is 94.8 cm³/mol. The van der Waals surface area contributed by atoms with E-state index in [1.165, 1.54) is 34.6 Å². The minimum absolute atomic E-state index is 0.906. The van der Waals surface area contributed by atoms with Gasteiger partial charge in [-0.1, -0.05) is 27.2 Å².